The zero-order valence-corrected chi connectivity index (χ0v) is 25.0. The quantitative estimate of drug-likeness (QED) is 0.216. The van der Waals surface area contributed by atoms with Gasteiger partial charge in [-0.3, -0.25) is 0 Å². The van der Waals surface area contributed by atoms with Gasteiger partial charge in [0, 0.05) is 0 Å². The van der Waals surface area contributed by atoms with Crippen molar-refractivity contribution in [2.24, 2.45) is 0 Å². The van der Waals surface area contributed by atoms with Crippen molar-refractivity contribution in [1.29, 1.82) is 0 Å². The fourth-order valence-corrected chi connectivity index (χ4v) is 66.2. The molecule has 0 aromatic carbocycles. The average molecular weight is 538 g/mol. The van der Waals surface area contributed by atoms with E-state index in [0.29, 0.717) is 20.6 Å². The van der Waals surface area contributed by atoms with Crippen LogP contribution in [0.15, 0.2) is 0 Å². The normalized spacial score (nSPS) is 36.7. The molecule has 0 bridgehead atoms. The molecular formula is C18H40P4Se2. The molecule has 144 valence electrons. The van der Waals surface area contributed by atoms with Gasteiger partial charge >= 0.3 is 171 Å². The molecule has 1 aliphatic heterocycles. The molecule has 0 radical (unpaired) electrons. The third-order valence-electron chi connectivity index (χ3n) is 5.08. The molecular weight excluding hydrogens is 498 g/mol. The van der Waals surface area contributed by atoms with Gasteiger partial charge in [0.05, 0.1) is 0 Å². The van der Waals surface area contributed by atoms with Crippen LogP contribution in [0.25, 0.3) is 0 Å². The Labute approximate surface area is 170 Å². The van der Waals surface area contributed by atoms with E-state index in [0.717, 1.165) is 0 Å². The Balaban J connectivity index is 3.69. The van der Waals surface area contributed by atoms with Crippen molar-refractivity contribution >= 4 is 55.8 Å². The van der Waals surface area contributed by atoms with Crippen LogP contribution in [0.2, 0.25) is 0 Å². The second-order valence-corrected chi connectivity index (χ2v) is 41.7. The zero-order chi connectivity index (χ0) is 19.6. The van der Waals surface area contributed by atoms with Gasteiger partial charge in [-0.15, -0.1) is 0 Å². The van der Waals surface area contributed by atoms with Crippen molar-refractivity contribution in [2.45, 2.75) is 104 Å². The molecule has 0 saturated carbocycles. The summed E-state index contributed by atoms with van der Waals surface area (Å²) < 4.78 is 0. The second-order valence-electron chi connectivity index (χ2n) is 11.2. The summed E-state index contributed by atoms with van der Waals surface area (Å²) >= 11 is 7.88. The van der Waals surface area contributed by atoms with Gasteiger partial charge in [-0.25, -0.2) is 0 Å². The van der Waals surface area contributed by atoms with Crippen molar-refractivity contribution in [3.63, 3.8) is 0 Å². The van der Waals surface area contributed by atoms with Crippen molar-refractivity contribution in [3.8, 4) is 0 Å². The monoisotopic (exact) mass is 540 g/mol. The molecule has 0 unspecified atom stereocenters. The minimum absolute atomic E-state index is 0.0176. The molecule has 0 aromatic rings. The maximum absolute atomic E-state index is 3.94. The van der Waals surface area contributed by atoms with Crippen LogP contribution in [0, 0.1) is 0 Å². The van der Waals surface area contributed by atoms with Crippen LogP contribution in [0.4, 0.5) is 0 Å². The van der Waals surface area contributed by atoms with E-state index in [9.17, 15) is 0 Å². The number of hydrogen-bond acceptors (Lipinski definition) is 0. The molecule has 1 fully saturated rings. The van der Waals surface area contributed by atoms with Gasteiger partial charge in [0.15, 0.2) is 0 Å². The summed E-state index contributed by atoms with van der Waals surface area (Å²) in [7, 11) is 0.0352. The Morgan fingerprint density at radius 1 is 0.542 bits per heavy atom. The van der Waals surface area contributed by atoms with Gasteiger partial charge in [0.2, 0.25) is 0 Å². The van der Waals surface area contributed by atoms with Gasteiger partial charge < -0.3 is 0 Å². The molecule has 1 rings (SSSR count). The molecule has 1 aliphatic rings. The van der Waals surface area contributed by atoms with E-state index in [1.807, 2.05) is 0 Å². The fourth-order valence-electron chi connectivity index (χ4n) is 3.26. The van der Waals surface area contributed by atoms with E-state index in [-0.39, 0.29) is 15.2 Å². The first-order chi connectivity index (χ1) is 10.2. The van der Waals surface area contributed by atoms with Crippen LogP contribution >= 0.6 is 25.6 Å². The first kappa shape index (κ1) is 24.8. The summed E-state index contributed by atoms with van der Waals surface area (Å²) in [5.74, 6) is 3.02. The molecule has 0 amide bonds. The Bertz CT molecular complexity index is 516. The molecule has 0 aliphatic carbocycles. The molecule has 24 heavy (non-hydrogen) atoms. The van der Waals surface area contributed by atoms with Crippen molar-refractivity contribution < 1.29 is 0 Å². The zero-order valence-electron chi connectivity index (χ0n) is 18.0. The molecule has 0 spiro atoms. The molecule has 0 nitrogen and oxygen atoms in total. The van der Waals surface area contributed by atoms with Gasteiger partial charge in [-0.05, 0) is 0 Å². The molecule has 6 heteroatoms. The third-order valence-corrected chi connectivity index (χ3v) is 54.3. The Morgan fingerprint density at radius 3 is 0.875 bits per heavy atom. The van der Waals surface area contributed by atoms with E-state index in [1.165, 1.54) is 11.8 Å². The molecule has 0 aromatic heterocycles. The van der Waals surface area contributed by atoms with E-state index >= 15 is 0 Å². The van der Waals surface area contributed by atoms with Crippen LogP contribution in [-0.4, -0.2) is 62.6 Å². The summed E-state index contributed by atoms with van der Waals surface area (Å²) in [6.45, 7) is 30.3. The van der Waals surface area contributed by atoms with Gasteiger partial charge in [-0.2, -0.15) is 0 Å². The summed E-state index contributed by atoms with van der Waals surface area (Å²) in [6, 6.07) is 0. The first-order valence-corrected chi connectivity index (χ1v) is 21.8. The fraction of sp³-hybridized carbons (Fsp3) is 1.00. The maximum atomic E-state index is 3.94. The summed E-state index contributed by atoms with van der Waals surface area (Å²) in [5.41, 5.74) is 0. The molecule has 1 saturated heterocycles. The van der Waals surface area contributed by atoms with Crippen molar-refractivity contribution in [2.75, 3.05) is 11.8 Å². The van der Waals surface area contributed by atoms with Gasteiger partial charge in [-0.1, -0.05) is 0 Å². The molecule has 1 heterocycles. The topological polar surface area (TPSA) is 0 Å². The van der Waals surface area contributed by atoms with Crippen molar-refractivity contribution in [1.82, 2.24) is 0 Å². The summed E-state index contributed by atoms with van der Waals surface area (Å²) in [6.07, 6.45) is 0. The molecule has 4 atom stereocenters. The Morgan fingerprint density at radius 2 is 0.750 bits per heavy atom. The van der Waals surface area contributed by atoms with Crippen LogP contribution in [0.1, 0.15) is 83.1 Å². The first-order valence-electron chi connectivity index (χ1n) is 8.92. The Kier molecular flexibility index (Phi) is 7.46. The predicted molar refractivity (Wildman–Crippen MR) is 128 cm³/mol. The van der Waals surface area contributed by atoms with Gasteiger partial charge in [0.25, 0.3) is 0 Å². The average Bonchev–Trinajstić information content (AvgIpc) is 2.26. The molecule has 0 N–H and O–H groups in total. The van der Waals surface area contributed by atoms with E-state index in [1.54, 1.807) is 0 Å². The predicted octanol–water partition coefficient (Wildman–Crippen LogP) is 8.11. The van der Waals surface area contributed by atoms with Gasteiger partial charge in [0.1, 0.15) is 0 Å². The third kappa shape index (κ3) is 4.66. The Hall–Kier alpha value is 2.76. The minimum atomic E-state index is -1.10. The van der Waals surface area contributed by atoms with Crippen LogP contribution < -0.4 is 0 Å². The van der Waals surface area contributed by atoms with Crippen molar-refractivity contribution in [3.05, 3.63) is 0 Å². The van der Waals surface area contributed by atoms with E-state index in [2.05, 4.69) is 113 Å². The number of hydrogen-bond donors (Lipinski definition) is 0. The van der Waals surface area contributed by atoms with E-state index < -0.39 is 10.4 Å². The van der Waals surface area contributed by atoms with Crippen LogP contribution in [0.5, 0.6) is 0 Å². The van der Waals surface area contributed by atoms with Crippen LogP contribution in [-0.2, 0) is 0 Å². The van der Waals surface area contributed by atoms with E-state index in [4.69, 9.17) is 0 Å². The summed E-state index contributed by atoms with van der Waals surface area (Å²) in [5, 5.41) is -0.455. The SMILES string of the molecule is CC(C)(C)[P@@]1C[P@](=[Se])(C(C)(C)C)[P@](C(C)(C)C)C[P@]1(=[Se])C(C)(C)C. The van der Waals surface area contributed by atoms with Crippen LogP contribution in [0.3, 0.4) is 0 Å². The summed E-state index contributed by atoms with van der Waals surface area (Å²) in [4.78, 5) is 0. The number of rotatable bonds is 0. The standard InChI is InChI=1S/C18H40P4Se2/c1-15(2,3)19-13-22(24,18(10,11)12)20(16(4,5)6)14-21(19,23)17(7,8)9/h13-14H2,1-12H3/t19-,20+,21-,22-/m0/s1. The second kappa shape index (κ2) is 7.22.